The van der Waals surface area contributed by atoms with Gasteiger partial charge in [0.2, 0.25) is 11.6 Å². The zero-order valence-corrected chi connectivity index (χ0v) is 16.1. The molecule has 164 valence electrons. The Morgan fingerprint density at radius 1 is 1.13 bits per heavy atom. The Labute approximate surface area is 174 Å². The Bertz CT molecular complexity index is 1100. The first-order valence-electron chi connectivity index (χ1n) is 8.84. The van der Waals surface area contributed by atoms with Gasteiger partial charge in [-0.05, 0) is 30.9 Å². The molecule has 3 aromatic heterocycles. The van der Waals surface area contributed by atoms with Crippen molar-refractivity contribution in [1.29, 1.82) is 0 Å². The van der Waals surface area contributed by atoms with Gasteiger partial charge in [-0.15, -0.1) is 16.4 Å². The summed E-state index contributed by atoms with van der Waals surface area (Å²) in [7, 11) is 0. The summed E-state index contributed by atoms with van der Waals surface area (Å²) in [5, 5.41) is 7.19. The van der Waals surface area contributed by atoms with E-state index in [4.69, 9.17) is 0 Å². The lowest BCUT2D eigenvalue weighted by molar-refractivity contribution is -0.140. The van der Waals surface area contributed by atoms with Crippen LogP contribution >= 0.6 is 11.3 Å². The molecule has 0 unspecified atom stereocenters. The van der Waals surface area contributed by atoms with Gasteiger partial charge in [0.1, 0.15) is 0 Å². The van der Waals surface area contributed by atoms with Gasteiger partial charge in [0.05, 0.1) is 5.56 Å². The molecule has 14 heteroatoms. The van der Waals surface area contributed by atoms with Gasteiger partial charge < -0.3 is 5.32 Å². The lowest BCUT2D eigenvalue weighted by Crippen LogP contribution is -2.28. The van der Waals surface area contributed by atoms with E-state index in [1.807, 2.05) is 0 Å². The van der Waals surface area contributed by atoms with Crippen molar-refractivity contribution in [2.24, 2.45) is 5.92 Å². The van der Waals surface area contributed by atoms with Crippen molar-refractivity contribution in [3.8, 4) is 16.6 Å². The second-order valence-corrected chi connectivity index (χ2v) is 7.62. The molecule has 0 spiro atoms. The van der Waals surface area contributed by atoms with E-state index in [9.17, 15) is 31.1 Å². The minimum Gasteiger partial charge on any atom is -0.349 e. The number of amides is 1. The first-order chi connectivity index (χ1) is 14.5. The summed E-state index contributed by atoms with van der Waals surface area (Å²) in [6.07, 6.45) is -6.81. The molecule has 4 rings (SSSR count). The summed E-state index contributed by atoms with van der Waals surface area (Å²) in [5.41, 5.74) is -2.15. The van der Waals surface area contributed by atoms with Gasteiger partial charge in [0, 0.05) is 18.1 Å². The van der Waals surface area contributed by atoms with Gasteiger partial charge in [0.25, 0.3) is 5.91 Å². The van der Waals surface area contributed by atoms with Crippen LogP contribution in [0, 0.1) is 5.92 Å². The molecule has 0 aliphatic heterocycles. The summed E-state index contributed by atoms with van der Waals surface area (Å²) >= 11 is 0.622. The van der Waals surface area contributed by atoms with Crippen LogP contribution in [0.25, 0.3) is 16.6 Å². The average Bonchev–Trinajstić information content (AvgIpc) is 3.20. The highest BCUT2D eigenvalue weighted by molar-refractivity contribution is 7.13. The molecule has 1 saturated carbocycles. The van der Waals surface area contributed by atoms with Crippen LogP contribution in [-0.4, -0.2) is 37.2 Å². The number of pyridine rings is 1. The monoisotopic (exact) mass is 462 g/mol. The van der Waals surface area contributed by atoms with Gasteiger partial charge in [-0.2, -0.15) is 36.0 Å². The number of aromatic nitrogens is 5. The zero-order valence-electron chi connectivity index (χ0n) is 15.3. The highest BCUT2D eigenvalue weighted by atomic mass is 32.1. The smallest absolute Gasteiger partial charge is 0.349 e. The maximum Gasteiger partial charge on any atom is 0.434 e. The minimum atomic E-state index is -4.67. The number of carbonyl (C=O) groups is 1. The summed E-state index contributed by atoms with van der Waals surface area (Å²) in [5.74, 6) is -1.11. The van der Waals surface area contributed by atoms with Crippen molar-refractivity contribution >= 4 is 17.2 Å². The van der Waals surface area contributed by atoms with E-state index in [2.05, 4.69) is 25.4 Å². The van der Waals surface area contributed by atoms with Gasteiger partial charge >= 0.3 is 12.4 Å². The fourth-order valence-electron chi connectivity index (χ4n) is 2.53. The molecule has 1 N–H and O–H groups in total. The fourth-order valence-corrected chi connectivity index (χ4v) is 3.29. The van der Waals surface area contributed by atoms with Crippen LogP contribution in [0.5, 0.6) is 0 Å². The molecule has 31 heavy (non-hydrogen) atoms. The number of nitrogens with one attached hydrogen (secondary N) is 1. The van der Waals surface area contributed by atoms with E-state index in [1.165, 1.54) is 0 Å². The topological polar surface area (TPSA) is 85.6 Å². The number of halogens is 6. The van der Waals surface area contributed by atoms with E-state index in [0.717, 1.165) is 35.0 Å². The molecule has 7 nitrogen and oxygen atoms in total. The molecule has 1 fully saturated rings. The molecule has 0 bridgehead atoms. The number of nitrogens with zero attached hydrogens (tertiary/aromatic N) is 5. The Morgan fingerprint density at radius 3 is 2.42 bits per heavy atom. The summed E-state index contributed by atoms with van der Waals surface area (Å²) < 4.78 is 77.8. The maximum absolute atomic E-state index is 12.8. The van der Waals surface area contributed by atoms with Gasteiger partial charge in [-0.1, -0.05) is 0 Å². The number of hydrogen-bond donors (Lipinski definition) is 1. The van der Waals surface area contributed by atoms with E-state index < -0.39 is 29.5 Å². The van der Waals surface area contributed by atoms with Gasteiger partial charge in [0.15, 0.2) is 16.5 Å². The van der Waals surface area contributed by atoms with Crippen molar-refractivity contribution in [3.05, 3.63) is 40.8 Å². The fraction of sp³-hybridized carbons (Fsp3) is 0.353. The second kappa shape index (κ2) is 7.59. The largest absolute Gasteiger partial charge is 0.434 e. The second-order valence-electron chi connectivity index (χ2n) is 6.76. The van der Waals surface area contributed by atoms with Gasteiger partial charge in [-0.25, -0.2) is 9.97 Å². The van der Waals surface area contributed by atoms with Crippen molar-refractivity contribution < 1.29 is 31.1 Å². The summed E-state index contributed by atoms with van der Waals surface area (Å²) in [6, 6.07) is 1.74. The van der Waals surface area contributed by atoms with Crippen molar-refractivity contribution in [2.45, 2.75) is 25.2 Å². The molecular weight excluding hydrogens is 450 g/mol. The zero-order chi connectivity index (χ0) is 22.4. The molecule has 0 saturated heterocycles. The maximum atomic E-state index is 12.8. The molecule has 3 heterocycles. The van der Waals surface area contributed by atoms with Crippen LogP contribution in [0.4, 0.5) is 26.3 Å². The van der Waals surface area contributed by atoms with E-state index in [-0.39, 0.29) is 22.5 Å². The Morgan fingerprint density at radius 2 is 1.87 bits per heavy atom. The van der Waals surface area contributed by atoms with E-state index >= 15 is 0 Å². The molecule has 3 aromatic rings. The highest BCUT2D eigenvalue weighted by Crippen LogP contribution is 2.33. The van der Waals surface area contributed by atoms with E-state index in [1.54, 1.807) is 0 Å². The lowest BCUT2D eigenvalue weighted by atomic mass is 10.3. The third-order valence-electron chi connectivity index (χ3n) is 4.34. The van der Waals surface area contributed by atoms with E-state index in [0.29, 0.717) is 30.0 Å². The van der Waals surface area contributed by atoms with Crippen LogP contribution in [0.2, 0.25) is 0 Å². The minimum absolute atomic E-state index is 0.157. The van der Waals surface area contributed by atoms with Gasteiger partial charge in [-0.3, -0.25) is 4.79 Å². The molecule has 1 aliphatic carbocycles. The summed E-state index contributed by atoms with van der Waals surface area (Å²) in [6.45, 7) is 0.372. The molecule has 0 radical (unpaired) electrons. The standard InChI is InChI=1S/C17H12F6N6OS/c18-16(19,20)9-3-4-11(24-6-9)29-13(14(30)25-5-8-1-2-8)27-12(28-29)15-26-10(7-31-15)17(21,22)23/h3-4,6-8H,1-2,5H2,(H,25,30). The predicted molar refractivity (Wildman–Crippen MR) is 95.3 cm³/mol. The van der Waals surface area contributed by atoms with Crippen LogP contribution in [-0.2, 0) is 12.4 Å². The Hall–Kier alpha value is -3.03. The molecule has 0 aromatic carbocycles. The highest BCUT2D eigenvalue weighted by Gasteiger charge is 2.35. The quantitative estimate of drug-likeness (QED) is 0.581. The Balaban J connectivity index is 1.71. The lowest BCUT2D eigenvalue weighted by Gasteiger charge is -2.08. The SMILES string of the molecule is O=C(NCC1CC1)c1nc(-c2nc(C(F)(F)F)cs2)nn1-c1ccc(C(F)(F)F)cn1. The third kappa shape index (κ3) is 4.68. The normalized spacial score (nSPS) is 14.6. The molecule has 1 amide bonds. The van der Waals surface area contributed by atoms with Crippen molar-refractivity contribution in [3.63, 3.8) is 0 Å². The predicted octanol–water partition coefficient (Wildman–Crippen LogP) is 3.96. The van der Waals surface area contributed by atoms with Crippen molar-refractivity contribution in [1.82, 2.24) is 30.0 Å². The molecular formula is C17H12F6N6OS. The third-order valence-corrected chi connectivity index (χ3v) is 5.17. The molecule has 0 atom stereocenters. The van der Waals surface area contributed by atoms with Crippen LogP contribution in [0.3, 0.4) is 0 Å². The van der Waals surface area contributed by atoms with Crippen LogP contribution in [0.1, 0.15) is 34.7 Å². The first-order valence-corrected chi connectivity index (χ1v) is 9.72. The Kier molecular flexibility index (Phi) is 5.19. The van der Waals surface area contributed by atoms with Crippen LogP contribution in [0.15, 0.2) is 23.7 Å². The van der Waals surface area contributed by atoms with Crippen LogP contribution < -0.4 is 5.32 Å². The summed E-state index contributed by atoms with van der Waals surface area (Å²) in [4.78, 5) is 23.7. The number of thiazole rings is 1. The van der Waals surface area contributed by atoms with Crippen molar-refractivity contribution in [2.75, 3.05) is 6.54 Å². The average molecular weight is 462 g/mol. The molecule has 1 aliphatic rings. The number of carbonyl (C=O) groups excluding carboxylic acids is 1. The number of alkyl halides is 6. The first kappa shape index (κ1) is 21.2. The number of hydrogen-bond acceptors (Lipinski definition) is 6. The number of rotatable bonds is 5.